The highest BCUT2D eigenvalue weighted by atomic mass is 16.5. The molecule has 1 amide bonds. The summed E-state index contributed by atoms with van der Waals surface area (Å²) in [6.45, 7) is 1.37. The molecule has 2 aromatic carbocycles. The van der Waals surface area contributed by atoms with Crippen LogP contribution in [-0.2, 0) is 7.05 Å². The summed E-state index contributed by atoms with van der Waals surface area (Å²) in [7, 11) is 3.60. The number of carbonyl (C=O) groups is 1. The van der Waals surface area contributed by atoms with Crippen LogP contribution >= 0.6 is 0 Å². The van der Waals surface area contributed by atoms with E-state index in [0.717, 1.165) is 28.9 Å². The zero-order valence-electron chi connectivity index (χ0n) is 15.4. The second kappa shape index (κ2) is 7.38. The normalized spacial score (nSPS) is 19.3. The molecule has 0 aliphatic carbocycles. The van der Waals surface area contributed by atoms with Crippen LogP contribution in [0.4, 0.5) is 0 Å². The molecule has 1 aliphatic rings. The summed E-state index contributed by atoms with van der Waals surface area (Å²) in [6.07, 6.45) is 1.75. The van der Waals surface area contributed by atoms with Crippen molar-refractivity contribution in [2.45, 2.75) is 6.04 Å². The number of aryl methyl sites for hydroxylation is 1. The van der Waals surface area contributed by atoms with E-state index in [1.807, 2.05) is 54.1 Å². The molecule has 4 rings (SSSR count). The van der Waals surface area contributed by atoms with E-state index in [1.54, 1.807) is 13.4 Å². The molecule has 3 N–H and O–H groups in total. The lowest BCUT2D eigenvalue weighted by atomic mass is 9.94. The number of ether oxygens (including phenoxy) is 1. The van der Waals surface area contributed by atoms with Crippen molar-refractivity contribution in [3.05, 3.63) is 59.9 Å². The van der Waals surface area contributed by atoms with E-state index in [0.29, 0.717) is 12.1 Å². The first kappa shape index (κ1) is 17.5. The number of benzene rings is 2. The molecule has 0 bridgehead atoms. The monoisotopic (exact) mass is 365 g/mol. The molecule has 140 valence electrons. The van der Waals surface area contributed by atoms with Crippen molar-refractivity contribution >= 4 is 16.9 Å². The molecule has 1 saturated heterocycles. The van der Waals surface area contributed by atoms with Crippen LogP contribution in [-0.4, -0.2) is 35.7 Å². The smallest absolute Gasteiger partial charge is 0.251 e. The number of nitrogens with zero attached hydrogens (tertiary/aromatic N) is 2. The summed E-state index contributed by atoms with van der Waals surface area (Å²) in [6, 6.07) is 13.7. The third kappa shape index (κ3) is 3.51. The molecule has 2 unspecified atom stereocenters. The van der Waals surface area contributed by atoms with Gasteiger partial charge >= 0.3 is 0 Å². The number of nitrogens with one attached hydrogen (secondary N) is 3. The molecule has 7 nitrogen and oxygen atoms in total. The van der Waals surface area contributed by atoms with Crippen LogP contribution in [0.15, 0.2) is 48.8 Å². The Morgan fingerprint density at radius 2 is 2.11 bits per heavy atom. The Balaban J connectivity index is 1.42. The van der Waals surface area contributed by atoms with Crippen LogP contribution in [0.3, 0.4) is 0 Å². The molecule has 1 aliphatic heterocycles. The van der Waals surface area contributed by atoms with Crippen molar-refractivity contribution in [3.63, 3.8) is 0 Å². The maximum absolute atomic E-state index is 12.6. The number of rotatable bonds is 5. The first-order valence-electron chi connectivity index (χ1n) is 8.97. The second-order valence-electron chi connectivity index (χ2n) is 6.81. The molecule has 2 heterocycles. The number of amides is 1. The van der Waals surface area contributed by atoms with E-state index in [9.17, 15) is 4.79 Å². The lowest BCUT2D eigenvalue weighted by molar-refractivity contribution is 0.0947. The molecule has 0 radical (unpaired) electrons. The molecule has 1 fully saturated rings. The SMILES string of the molecule is COc1ccc(C2NNCC2CNC(=O)c2ccc3c(c2)ncn3C)cc1. The van der Waals surface area contributed by atoms with Gasteiger partial charge in [-0.05, 0) is 35.9 Å². The van der Waals surface area contributed by atoms with Gasteiger partial charge in [0.15, 0.2) is 0 Å². The predicted octanol–water partition coefficient (Wildman–Crippen LogP) is 1.78. The van der Waals surface area contributed by atoms with Gasteiger partial charge in [-0.2, -0.15) is 0 Å². The number of fused-ring (bicyclic) bond motifs is 1. The van der Waals surface area contributed by atoms with Gasteiger partial charge in [-0.15, -0.1) is 0 Å². The summed E-state index contributed by atoms with van der Waals surface area (Å²) in [4.78, 5) is 16.9. The van der Waals surface area contributed by atoms with Gasteiger partial charge < -0.3 is 14.6 Å². The third-order valence-electron chi connectivity index (χ3n) is 5.08. The lowest BCUT2D eigenvalue weighted by Crippen LogP contribution is -2.32. The van der Waals surface area contributed by atoms with Crippen molar-refractivity contribution < 1.29 is 9.53 Å². The van der Waals surface area contributed by atoms with Crippen molar-refractivity contribution in [3.8, 4) is 5.75 Å². The summed E-state index contributed by atoms with van der Waals surface area (Å²) in [5.41, 5.74) is 10.1. The maximum atomic E-state index is 12.6. The number of methoxy groups -OCH3 is 1. The summed E-state index contributed by atoms with van der Waals surface area (Å²) in [5.74, 6) is 1.00. The highest BCUT2D eigenvalue weighted by molar-refractivity contribution is 5.97. The highest BCUT2D eigenvalue weighted by Crippen LogP contribution is 2.26. The van der Waals surface area contributed by atoms with Crippen LogP contribution < -0.4 is 20.9 Å². The van der Waals surface area contributed by atoms with Gasteiger partial charge in [-0.25, -0.2) is 10.4 Å². The summed E-state index contributed by atoms with van der Waals surface area (Å²) >= 11 is 0. The molecular weight excluding hydrogens is 342 g/mol. The van der Waals surface area contributed by atoms with Crippen molar-refractivity contribution in [2.24, 2.45) is 13.0 Å². The number of aromatic nitrogens is 2. The van der Waals surface area contributed by atoms with E-state index < -0.39 is 0 Å². The van der Waals surface area contributed by atoms with E-state index in [2.05, 4.69) is 21.2 Å². The fraction of sp³-hybridized carbons (Fsp3) is 0.300. The average molecular weight is 365 g/mol. The molecule has 2 atom stereocenters. The Hall–Kier alpha value is -2.90. The quantitative estimate of drug-likeness (QED) is 0.642. The Morgan fingerprint density at radius 1 is 1.30 bits per heavy atom. The first-order chi connectivity index (χ1) is 13.2. The van der Waals surface area contributed by atoms with Gasteiger partial charge in [0, 0.05) is 31.6 Å². The minimum Gasteiger partial charge on any atom is -0.497 e. The summed E-state index contributed by atoms with van der Waals surface area (Å²) < 4.78 is 7.16. The van der Waals surface area contributed by atoms with Gasteiger partial charge in [-0.3, -0.25) is 10.2 Å². The van der Waals surface area contributed by atoms with Crippen LogP contribution in [0, 0.1) is 5.92 Å². The first-order valence-corrected chi connectivity index (χ1v) is 8.97. The van der Waals surface area contributed by atoms with Crippen molar-refractivity contribution in [1.29, 1.82) is 0 Å². The summed E-state index contributed by atoms with van der Waals surface area (Å²) in [5, 5.41) is 3.06. The molecule has 0 spiro atoms. The second-order valence-corrected chi connectivity index (χ2v) is 6.81. The van der Waals surface area contributed by atoms with Gasteiger partial charge in [-0.1, -0.05) is 12.1 Å². The predicted molar refractivity (Wildman–Crippen MR) is 103 cm³/mol. The molecule has 3 aromatic rings. The van der Waals surface area contributed by atoms with E-state index >= 15 is 0 Å². The maximum Gasteiger partial charge on any atom is 0.251 e. The fourth-order valence-corrected chi connectivity index (χ4v) is 3.50. The minimum absolute atomic E-state index is 0.0806. The number of hydrogen-bond donors (Lipinski definition) is 3. The standard InChI is InChI=1S/C20H23N5O2/c1-25-12-22-17-9-14(5-8-18(17)25)20(26)21-10-15-11-23-24-19(15)13-3-6-16(27-2)7-4-13/h3-9,12,15,19,23-24H,10-11H2,1-2H3,(H,21,26). The number of imidazole rings is 1. The zero-order valence-corrected chi connectivity index (χ0v) is 15.4. The number of carbonyl (C=O) groups excluding carboxylic acids is 1. The molecule has 0 saturated carbocycles. The Morgan fingerprint density at radius 3 is 2.89 bits per heavy atom. The van der Waals surface area contributed by atoms with Gasteiger partial charge in [0.1, 0.15) is 5.75 Å². The molecule has 7 heteroatoms. The number of hydrazine groups is 1. The Kier molecular flexibility index (Phi) is 4.79. The lowest BCUT2D eigenvalue weighted by Gasteiger charge is -2.19. The molecule has 1 aromatic heterocycles. The Labute approximate surface area is 157 Å². The van der Waals surface area contributed by atoms with E-state index in [4.69, 9.17) is 4.74 Å². The van der Waals surface area contributed by atoms with Crippen LogP contribution in [0.1, 0.15) is 22.0 Å². The Bertz CT molecular complexity index is 951. The minimum atomic E-state index is -0.0806. The topological polar surface area (TPSA) is 80.2 Å². The van der Waals surface area contributed by atoms with Crippen molar-refractivity contribution in [2.75, 3.05) is 20.2 Å². The molecular formula is C20H23N5O2. The molecule has 27 heavy (non-hydrogen) atoms. The third-order valence-corrected chi connectivity index (χ3v) is 5.08. The van der Waals surface area contributed by atoms with E-state index in [1.165, 1.54) is 0 Å². The van der Waals surface area contributed by atoms with Gasteiger partial charge in [0.25, 0.3) is 5.91 Å². The van der Waals surface area contributed by atoms with Gasteiger partial charge in [0.2, 0.25) is 0 Å². The van der Waals surface area contributed by atoms with Gasteiger partial charge in [0.05, 0.1) is 30.5 Å². The average Bonchev–Trinajstić information content (AvgIpc) is 3.32. The fourth-order valence-electron chi connectivity index (χ4n) is 3.50. The van der Waals surface area contributed by atoms with E-state index in [-0.39, 0.29) is 17.9 Å². The largest absolute Gasteiger partial charge is 0.497 e. The van der Waals surface area contributed by atoms with Crippen molar-refractivity contribution in [1.82, 2.24) is 25.7 Å². The van der Waals surface area contributed by atoms with Crippen LogP contribution in [0.2, 0.25) is 0 Å². The number of hydrogen-bond acceptors (Lipinski definition) is 5. The zero-order chi connectivity index (χ0) is 18.8. The van der Waals surface area contributed by atoms with Crippen LogP contribution in [0.5, 0.6) is 5.75 Å². The van der Waals surface area contributed by atoms with Crippen LogP contribution in [0.25, 0.3) is 11.0 Å². The highest BCUT2D eigenvalue weighted by Gasteiger charge is 2.28.